The average Bonchev–Trinajstić information content (AvgIpc) is 3.47. The molecule has 2 aromatic carbocycles. The number of benzene rings is 2. The van der Waals surface area contributed by atoms with Crippen LogP contribution in [0.2, 0.25) is 0 Å². The molecule has 0 saturated heterocycles. The molecule has 8 nitrogen and oxygen atoms in total. The molecule has 1 saturated carbocycles. The van der Waals surface area contributed by atoms with Gasteiger partial charge in [0, 0.05) is 17.3 Å². The van der Waals surface area contributed by atoms with Gasteiger partial charge < -0.3 is 20.1 Å². The molecule has 1 aromatic heterocycles. The quantitative estimate of drug-likeness (QED) is 0.483. The van der Waals surface area contributed by atoms with E-state index in [9.17, 15) is 14.4 Å². The molecule has 1 unspecified atom stereocenters. The van der Waals surface area contributed by atoms with Gasteiger partial charge in [0.1, 0.15) is 23.9 Å². The van der Waals surface area contributed by atoms with Gasteiger partial charge in [-0.3, -0.25) is 9.59 Å². The number of nitrogens with one attached hydrogen (secondary N) is 1. The summed E-state index contributed by atoms with van der Waals surface area (Å²) in [6.07, 6.45) is 1.04. The van der Waals surface area contributed by atoms with Gasteiger partial charge in [-0.25, -0.2) is 9.78 Å². The molecule has 1 heterocycles. The number of carboxylic acid groups (broad SMARTS) is 1. The third kappa shape index (κ3) is 4.77. The number of hydrogen-bond donors (Lipinski definition) is 2. The summed E-state index contributed by atoms with van der Waals surface area (Å²) in [5.41, 5.74) is 4.79. The summed E-state index contributed by atoms with van der Waals surface area (Å²) in [6.45, 7) is 1.63. The molecule has 3 aromatic rings. The highest BCUT2D eigenvalue weighted by atomic mass is 32.1. The second-order valence-corrected chi connectivity index (χ2v) is 9.71. The zero-order valence-electron chi connectivity index (χ0n) is 19.1. The Hall–Kier alpha value is -3.72. The fraction of sp³-hybridized carbons (Fsp3) is 0.308. The lowest BCUT2D eigenvalue weighted by molar-refractivity contribution is -0.137. The minimum absolute atomic E-state index is 0.0322. The molecule has 35 heavy (non-hydrogen) atoms. The number of thiazole rings is 1. The van der Waals surface area contributed by atoms with E-state index in [0.29, 0.717) is 5.01 Å². The van der Waals surface area contributed by atoms with E-state index in [2.05, 4.69) is 34.6 Å². The number of carbonyl (C=O) groups is 3. The molecule has 2 aliphatic rings. The largest absolute Gasteiger partial charge is 0.480 e. The molecule has 1 atom stereocenters. The van der Waals surface area contributed by atoms with Gasteiger partial charge in [-0.1, -0.05) is 48.5 Å². The van der Waals surface area contributed by atoms with Crippen LogP contribution >= 0.6 is 11.3 Å². The van der Waals surface area contributed by atoms with Gasteiger partial charge in [0.25, 0.3) is 5.91 Å². The number of carbonyl (C=O) groups excluding carboxylic acids is 2. The third-order valence-corrected chi connectivity index (χ3v) is 7.37. The van der Waals surface area contributed by atoms with E-state index in [0.717, 1.165) is 35.1 Å². The second kappa shape index (κ2) is 9.50. The lowest BCUT2D eigenvalue weighted by Gasteiger charge is -2.19. The van der Waals surface area contributed by atoms with Gasteiger partial charge in [0.05, 0.1) is 6.04 Å². The number of ether oxygens (including phenoxy) is 1. The first-order valence-electron chi connectivity index (χ1n) is 11.5. The maximum atomic E-state index is 12.8. The molecular weight excluding hydrogens is 466 g/mol. The van der Waals surface area contributed by atoms with E-state index >= 15 is 0 Å². The molecule has 1 fully saturated rings. The van der Waals surface area contributed by atoms with Crippen molar-refractivity contribution in [2.24, 2.45) is 0 Å². The van der Waals surface area contributed by atoms with Crippen LogP contribution < -0.4 is 5.32 Å². The average molecular weight is 492 g/mol. The molecular formula is C26H25N3O5S. The van der Waals surface area contributed by atoms with E-state index in [1.165, 1.54) is 16.2 Å². The van der Waals surface area contributed by atoms with Crippen LogP contribution in [0.3, 0.4) is 0 Å². The lowest BCUT2D eigenvalue weighted by atomic mass is 9.98. The maximum absolute atomic E-state index is 12.8. The predicted molar refractivity (Wildman–Crippen MR) is 130 cm³/mol. The van der Waals surface area contributed by atoms with Crippen LogP contribution in [0, 0.1) is 0 Å². The summed E-state index contributed by atoms with van der Waals surface area (Å²) in [4.78, 5) is 42.2. The number of rotatable bonds is 8. The van der Waals surface area contributed by atoms with Gasteiger partial charge in [-0.15, -0.1) is 11.3 Å². The van der Waals surface area contributed by atoms with Crippen molar-refractivity contribution in [1.29, 1.82) is 0 Å². The van der Waals surface area contributed by atoms with E-state index in [1.807, 2.05) is 24.3 Å². The molecule has 0 radical (unpaired) electrons. The normalized spacial score (nSPS) is 15.1. The van der Waals surface area contributed by atoms with Crippen LogP contribution in [-0.2, 0) is 9.53 Å². The smallest absolute Gasteiger partial charge is 0.407 e. The Kier molecular flexibility index (Phi) is 6.25. The minimum Gasteiger partial charge on any atom is -0.480 e. The Morgan fingerprint density at radius 2 is 1.74 bits per heavy atom. The fourth-order valence-electron chi connectivity index (χ4n) is 4.51. The summed E-state index contributed by atoms with van der Waals surface area (Å²) in [6, 6.07) is 15.8. The number of aromatic nitrogens is 1. The molecule has 9 heteroatoms. The number of fused-ring (bicyclic) bond motifs is 3. The van der Waals surface area contributed by atoms with Crippen molar-refractivity contribution in [3.8, 4) is 11.1 Å². The Balaban J connectivity index is 1.20. The maximum Gasteiger partial charge on any atom is 0.407 e. The predicted octanol–water partition coefficient (Wildman–Crippen LogP) is 4.43. The van der Waals surface area contributed by atoms with E-state index in [1.54, 1.807) is 12.3 Å². The number of nitrogens with zero attached hydrogens (tertiary/aromatic N) is 2. The molecule has 0 bridgehead atoms. The Bertz CT molecular complexity index is 1240. The summed E-state index contributed by atoms with van der Waals surface area (Å²) in [7, 11) is 0. The summed E-state index contributed by atoms with van der Waals surface area (Å²) in [5.74, 6) is -1.48. The van der Waals surface area contributed by atoms with E-state index in [-0.39, 0.29) is 30.8 Å². The summed E-state index contributed by atoms with van der Waals surface area (Å²) < 4.78 is 5.59. The summed E-state index contributed by atoms with van der Waals surface area (Å²) in [5, 5.41) is 14.0. The van der Waals surface area contributed by atoms with E-state index in [4.69, 9.17) is 9.84 Å². The zero-order chi connectivity index (χ0) is 24.5. The van der Waals surface area contributed by atoms with Crippen molar-refractivity contribution in [1.82, 2.24) is 15.2 Å². The van der Waals surface area contributed by atoms with Crippen molar-refractivity contribution in [2.45, 2.75) is 37.8 Å². The highest BCUT2D eigenvalue weighted by molar-refractivity contribution is 7.09. The van der Waals surface area contributed by atoms with Crippen LogP contribution in [0.25, 0.3) is 11.1 Å². The molecule has 180 valence electrons. The van der Waals surface area contributed by atoms with E-state index < -0.39 is 24.0 Å². The number of alkyl carbamates (subject to hydrolysis) is 1. The number of carboxylic acids is 1. The Morgan fingerprint density at radius 3 is 2.34 bits per heavy atom. The molecule has 5 rings (SSSR count). The van der Waals surface area contributed by atoms with Crippen molar-refractivity contribution < 1.29 is 24.2 Å². The molecule has 0 aliphatic heterocycles. The summed E-state index contributed by atoms with van der Waals surface area (Å²) >= 11 is 1.24. The van der Waals surface area contributed by atoms with Crippen molar-refractivity contribution >= 4 is 29.3 Å². The topological polar surface area (TPSA) is 109 Å². The van der Waals surface area contributed by atoms with Gasteiger partial charge in [0.2, 0.25) is 0 Å². The molecule has 2 aliphatic carbocycles. The highest BCUT2D eigenvalue weighted by Crippen LogP contribution is 2.44. The molecule has 2 N–H and O–H groups in total. The first kappa shape index (κ1) is 23.0. The minimum atomic E-state index is -1.05. The van der Waals surface area contributed by atoms with Crippen LogP contribution in [0.5, 0.6) is 0 Å². The van der Waals surface area contributed by atoms with Gasteiger partial charge in [-0.05, 0) is 42.0 Å². The van der Waals surface area contributed by atoms with Crippen LogP contribution in [-0.4, -0.2) is 52.2 Å². The third-order valence-electron chi connectivity index (χ3n) is 6.34. The first-order valence-corrected chi connectivity index (χ1v) is 12.4. The van der Waals surface area contributed by atoms with Crippen molar-refractivity contribution in [3.63, 3.8) is 0 Å². The van der Waals surface area contributed by atoms with Crippen LogP contribution in [0.4, 0.5) is 4.79 Å². The number of hydrogen-bond acceptors (Lipinski definition) is 6. The number of amides is 2. The van der Waals surface area contributed by atoms with Crippen molar-refractivity contribution in [2.75, 3.05) is 13.2 Å². The Labute approximate surface area is 206 Å². The highest BCUT2D eigenvalue weighted by Gasteiger charge is 2.35. The zero-order valence-corrected chi connectivity index (χ0v) is 20.0. The monoisotopic (exact) mass is 491 g/mol. The standard InChI is InChI=1S/C26H25N3O5S/c1-15(24-28-22(14-35-24)25(32)29(12-23(30)31)16-10-11-16)27-26(33)34-13-21-19-8-4-2-6-17(19)18-7-3-5-9-20(18)21/h2-9,14-16,21H,10-13H2,1H3,(H,27,33)(H,30,31). The van der Waals surface area contributed by atoms with Gasteiger partial charge in [-0.2, -0.15) is 0 Å². The Morgan fingerprint density at radius 1 is 1.11 bits per heavy atom. The van der Waals surface area contributed by atoms with Crippen LogP contribution in [0.1, 0.15) is 58.3 Å². The van der Waals surface area contributed by atoms with Crippen LogP contribution in [0.15, 0.2) is 53.9 Å². The SMILES string of the molecule is CC(NC(=O)OCC1c2ccccc2-c2ccccc21)c1nc(C(=O)N(CC(=O)O)C2CC2)cs1. The first-order chi connectivity index (χ1) is 16.9. The van der Waals surface area contributed by atoms with Crippen molar-refractivity contribution in [3.05, 3.63) is 75.7 Å². The fourth-order valence-corrected chi connectivity index (χ4v) is 5.31. The lowest BCUT2D eigenvalue weighted by Crippen LogP contribution is -2.37. The second-order valence-electron chi connectivity index (χ2n) is 8.82. The molecule has 0 spiro atoms. The molecule has 2 amide bonds. The van der Waals surface area contributed by atoms with Gasteiger partial charge in [0.15, 0.2) is 0 Å². The number of aliphatic carboxylic acids is 1. The van der Waals surface area contributed by atoms with Gasteiger partial charge >= 0.3 is 12.1 Å².